The zero-order chi connectivity index (χ0) is 14.4. The van der Waals surface area contributed by atoms with Crippen LogP contribution in [0, 0.1) is 0 Å². The number of hydrogen-bond donors (Lipinski definition) is 3. The van der Waals surface area contributed by atoms with E-state index in [4.69, 9.17) is 0 Å². The summed E-state index contributed by atoms with van der Waals surface area (Å²) in [5, 5.41) is 8.62. The molecule has 1 atom stereocenters. The van der Waals surface area contributed by atoms with E-state index in [1.165, 1.54) is 6.42 Å². The average Bonchev–Trinajstić information content (AvgIpc) is 2.42. The first-order chi connectivity index (χ1) is 9.65. The first kappa shape index (κ1) is 18.2. The molecule has 7 heteroatoms. The maximum Gasteiger partial charge on any atom is 0.321 e. The highest BCUT2D eigenvalue weighted by atomic mass is 35.5. The van der Waals surface area contributed by atoms with Gasteiger partial charge in [0.15, 0.2) is 0 Å². The van der Waals surface area contributed by atoms with Gasteiger partial charge in [-0.3, -0.25) is 15.0 Å². The second-order valence-corrected chi connectivity index (χ2v) is 5.88. The Morgan fingerprint density at radius 1 is 1.24 bits per heavy atom. The maximum atomic E-state index is 11.9. The van der Waals surface area contributed by atoms with Crippen molar-refractivity contribution in [1.29, 1.82) is 0 Å². The van der Waals surface area contributed by atoms with Crippen LogP contribution in [0.4, 0.5) is 4.79 Å². The minimum absolute atomic E-state index is 0. The summed E-state index contributed by atoms with van der Waals surface area (Å²) in [4.78, 5) is 25.7. The van der Waals surface area contributed by atoms with Crippen LogP contribution in [0.2, 0.25) is 0 Å². The molecular formula is C14H27ClN4O2. The number of urea groups is 1. The predicted molar refractivity (Wildman–Crippen MR) is 84.7 cm³/mol. The SMILES string of the molecule is C[C@H]1CNCCN1CC(=O)NC(=O)NC1CCCCC1.Cl. The van der Waals surface area contributed by atoms with Crippen LogP contribution in [0.15, 0.2) is 0 Å². The van der Waals surface area contributed by atoms with E-state index in [9.17, 15) is 9.59 Å². The summed E-state index contributed by atoms with van der Waals surface area (Å²) in [7, 11) is 0. The predicted octanol–water partition coefficient (Wildman–Crippen LogP) is 0.860. The largest absolute Gasteiger partial charge is 0.335 e. The monoisotopic (exact) mass is 318 g/mol. The van der Waals surface area contributed by atoms with Gasteiger partial charge in [-0.2, -0.15) is 0 Å². The first-order valence-corrected chi connectivity index (χ1v) is 7.70. The number of halogens is 1. The van der Waals surface area contributed by atoms with E-state index in [1.54, 1.807) is 0 Å². The van der Waals surface area contributed by atoms with Crippen molar-refractivity contribution in [1.82, 2.24) is 20.9 Å². The van der Waals surface area contributed by atoms with Crippen molar-refractivity contribution in [3.05, 3.63) is 0 Å². The van der Waals surface area contributed by atoms with Crippen LogP contribution in [0.1, 0.15) is 39.0 Å². The van der Waals surface area contributed by atoms with E-state index in [2.05, 4.69) is 27.8 Å². The lowest BCUT2D eigenvalue weighted by Gasteiger charge is -2.33. The standard InChI is InChI=1S/C14H26N4O2.ClH/c1-11-9-15-7-8-18(11)10-13(19)17-14(20)16-12-5-3-2-4-6-12;/h11-12,15H,2-10H2,1H3,(H2,16,17,19,20);1H/t11-;/m0./s1. The number of amides is 3. The van der Waals surface area contributed by atoms with E-state index in [0.717, 1.165) is 45.3 Å². The summed E-state index contributed by atoms with van der Waals surface area (Å²) in [5.41, 5.74) is 0. The lowest BCUT2D eigenvalue weighted by atomic mass is 9.96. The molecule has 1 saturated heterocycles. The van der Waals surface area contributed by atoms with E-state index < -0.39 is 0 Å². The van der Waals surface area contributed by atoms with Gasteiger partial charge in [0.05, 0.1) is 6.54 Å². The zero-order valence-corrected chi connectivity index (χ0v) is 13.5. The maximum absolute atomic E-state index is 11.9. The van der Waals surface area contributed by atoms with Gasteiger partial charge in [-0.05, 0) is 19.8 Å². The van der Waals surface area contributed by atoms with Gasteiger partial charge in [-0.15, -0.1) is 12.4 Å². The fourth-order valence-corrected chi connectivity index (χ4v) is 2.94. The van der Waals surface area contributed by atoms with Gasteiger partial charge in [0, 0.05) is 31.7 Å². The van der Waals surface area contributed by atoms with Crippen LogP contribution >= 0.6 is 12.4 Å². The Labute approximate surface area is 132 Å². The molecule has 3 amide bonds. The molecule has 0 aromatic carbocycles. The van der Waals surface area contributed by atoms with E-state index in [-0.39, 0.29) is 30.4 Å². The Balaban J connectivity index is 0.00000220. The van der Waals surface area contributed by atoms with Gasteiger partial charge in [-0.25, -0.2) is 4.79 Å². The molecule has 2 aliphatic rings. The minimum Gasteiger partial charge on any atom is -0.335 e. The number of carbonyl (C=O) groups excluding carboxylic acids is 2. The molecule has 0 aromatic heterocycles. The molecule has 0 unspecified atom stereocenters. The summed E-state index contributed by atoms with van der Waals surface area (Å²) >= 11 is 0. The summed E-state index contributed by atoms with van der Waals surface area (Å²) in [6, 6.07) is 0.218. The van der Waals surface area contributed by atoms with Gasteiger partial charge in [0.2, 0.25) is 5.91 Å². The van der Waals surface area contributed by atoms with Crippen molar-refractivity contribution in [2.75, 3.05) is 26.2 Å². The van der Waals surface area contributed by atoms with Crippen molar-refractivity contribution in [3.63, 3.8) is 0 Å². The molecule has 21 heavy (non-hydrogen) atoms. The summed E-state index contributed by atoms with van der Waals surface area (Å²) < 4.78 is 0. The summed E-state index contributed by atoms with van der Waals surface area (Å²) in [6.45, 7) is 5.01. The molecule has 1 saturated carbocycles. The second kappa shape index (κ2) is 9.23. The molecule has 2 fully saturated rings. The van der Waals surface area contributed by atoms with Gasteiger partial charge in [0.1, 0.15) is 0 Å². The van der Waals surface area contributed by atoms with Gasteiger partial charge in [-0.1, -0.05) is 19.3 Å². The van der Waals surface area contributed by atoms with Crippen LogP contribution < -0.4 is 16.0 Å². The molecule has 3 N–H and O–H groups in total. The van der Waals surface area contributed by atoms with Crippen LogP contribution in [0.25, 0.3) is 0 Å². The van der Waals surface area contributed by atoms with Crippen molar-refractivity contribution >= 4 is 24.3 Å². The van der Waals surface area contributed by atoms with Gasteiger partial charge >= 0.3 is 6.03 Å². The fourth-order valence-electron chi connectivity index (χ4n) is 2.94. The Hall–Kier alpha value is -0.850. The molecule has 0 radical (unpaired) electrons. The second-order valence-electron chi connectivity index (χ2n) is 5.88. The van der Waals surface area contributed by atoms with Crippen molar-refractivity contribution in [2.45, 2.75) is 51.1 Å². The lowest BCUT2D eigenvalue weighted by Crippen LogP contribution is -2.54. The molecule has 1 aliphatic heterocycles. The van der Waals surface area contributed by atoms with E-state index in [0.29, 0.717) is 12.6 Å². The fraction of sp³-hybridized carbons (Fsp3) is 0.857. The Bertz CT molecular complexity index is 348. The van der Waals surface area contributed by atoms with Gasteiger partial charge < -0.3 is 10.6 Å². The molecule has 0 spiro atoms. The quantitative estimate of drug-likeness (QED) is 0.721. The number of hydrogen-bond acceptors (Lipinski definition) is 4. The smallest absolute Gasteiger partial charge is 0.321 e. The zero-order valence-electron chi connectivity index (χ0n) is 12.7. The Kier molecular flexibility index (Phi) is 8.00. The molecule has 1 aliphatic carbocycles. The van der Waals surface area contributed by atoms with Crippen molar-refractivity contribution < 1.29 is 9.59 Å². The van der Waals surface area contributed by atoms with E-state index in [1.807, 2.05) is 0 Å². The number of rotatable bonds is 3. The van der Waals surface area contributed by atoms with Crippen molar-refractivity contribution in [3.8, 4) is 0 Å². The minimum atomic E-state index is -0.343. The third-order valence-corrected chi connectivity index (χ3v) is 4.18. The topological polar surface area (TPSA) is 73.5 Å². The normalized spacial score (nSPS) is 24.0. The summed E-state index contributed by atoms with van der Waals surface area (Å²) in [5.74, 6) is -0.216. The van der Waals surface area contributed by atoms with Crippen LogP contribution in [-0.4, -0.2) is 55.1 Å². The highest BCUT2D eigenvalue weighted by molar-refractivity contribution is 5.95. The molecule has 0 bridgehead atoms. The van der Waals surface area contributed by atoms with Crippen LogP contribution in [0.5, 0.6) is 0 Å². The van der Waals surface area contributed by atoms with Crippen molar-refractivity contribution in [2.24, 2.45) is 0 Å². The lowest BCUT2D eigenvalue weighted by molar-refractivity contribution is -0.121. The van der Waals surface area contributed by atoms with Crippen LogP contribution in [0.3, 0.4) is 0 Å². The first-order valence-electron chi connectivity index (χ1n) is 7.70. The molecule has 1 heterocycles. The number of imide groups is 1. The third kappa shape index (κ3) is 6.20. The number of nitrogens with zero attached hydrogens (tertiary/aromatic N) is 1. The highest BCUT2D eigenvalue weighted by Gasteiger charge is 2.22. The average molecular weight is 319 g/mol. The number of nitrogens with one attached hydrogen (secondary N) is 3. The van der Waals surface area contributed by atoms with E-state index >= 15 is 0 Å². The molecule has 6 nitrogen and oxygen atoms in total. The molecule has 122 valence electrons. The number of carbonyl (C=O) groups is 2. The Morgan fingerprint density at radius 3 is 2.62 bits per heavy atom. The summed E-state index contributed by atoms with van der Waals surface area (Å²) in [6.07, 6.45) is 5.63. The highest BCUT2D eigenvalue weighted by Crippen LogP contribution is 2.17. The molecule has 0 aromatic rings. The molecular weight excluding hydrogens is 292 g/mol. The Morgan fingerprint density at radius 2 is 1.95 bits per heavy atom. The third-order valence-electron chi connectivity index (χ3n) is 4.18. The number of piperazine rings is 1. The van der Waals surface area contributed by atoms with Gasteiger partial charge in [0.25, 0.3) is 0 Å². The van der Waals surface area contributed by atoms with Crippen LogP contribution in [-0.2, 0) is 4.79 Å². The molecule has 2 rings (SSSR count).